The van der Waals surface area contributed by atoms with Gasteiger partial charge in [0.05, 0.1) is 27.4 Å². The van der Waals surface area contributed by atoms with Gasteiger partial charge in [0.25, 0.3) is 0 Å². The molecule has 6 nitrogen and oxygen atoms in total. The van der Waals surface area contributed by atoms with E-state index in [4.69, 9.17) is 40.4 Å². The Labute approximate surface area is 294 Å². The van der Waals surface area contributed by atoms with E-state index in [1.54, 1.807) is 17.4 Å². The molecule has 0 atom stereocenters. The Morgan fingerprint density at radius 2 is 1.55 bits per heavy atom. The molecule has 4 heterocycles. The van der Waals surface area contributed by atoms with Crippen LogP contribution in [0.5, 0.6) is 0 Å². The van der Waals surface area contributed by atoms with Crippen molar-refractivity contribution in [1.82, 2.24) is 14.8 Å². The van der Waals surface area contributed by atoms with E-state index >= 15 is 0 Å². The third-order valence-corrected chi connectivity index (χ3v) is 9.72. The van der Waals surface area contributed by atoms with Crippen molar-refractivity contribution < 1.29 is 17.6 Å². The molecule has 0 saturated carbocycles. The van der Waals surface area contributed by atoms with Crippen LogP contribution in [0.15, 0.2) is 86.6 Å². The second kappa shape index (κ2) is 13.6. The number of halogens is 7. The Morgan fingerprint density at radius 1 is 0.872 bits per heavy atom. The SMILES string of the molecule is Cc1nnc2n1-c1sc(Br)cc1C(c1ccccc1Cl)=NC2.Fc1ccccc1C1=NCC(=S)N(CC(F)(F)F)c2ccc(Cl)cc21. The lowest BCUT2D eigenvalue weighted by Crippen LogP contribution is -2.39. The van der Waals surface area contributed by atoms with Crippen LogP contribution in [0.4, 0.5) is 23.2 Å². The van der Waals surface area contributed by atoms with Crippen LogP contribution < -0.4 is 4.90 Å². The Hall–Kier alpha value is -3.49. The van der Waals surface area contributed by atoms with Gasteiger partial charge in [-0.25, -0.2) is 4.39 Å². The lowest BCUT2D eigenvalue weighted by molar-refractivity contribution is -0.117. The summed E-state index contributed by atoms with van der Waals surface area (Å²) in [5.41, 5.74) is 3.80. The lowest BCUT2D eigenvalue weighted by atomic mass is 9.99. The topological polar surface area (TPSA) is 58.7 Å². The van der Waals surface area contributed by atoms with Gasteiger partial charge in [-0.05, 0) is 65.3 Å². The van der Waals surface area contributed by atoms with E-state index in [2.05, 4.69) is 41.8 Å². The highest BCUT2D eigenvalue weighted by Crippen LogP contribution is 2.37. The van der Waals surface area contributed by atoms with E-state index in [1.807, 2.05) is 31.2 Å². The molecule has 0 aliphatic carbocycles. The van der Waals surface area contributed by atoms with Gasteiger partial charge in [-0.1, -0.05) is 65.8 Å². The number of benzodiazepines with no additional fused rings is 1. The van der Waals surface area contributed by atoms with E-state index in [9.17, 15) is 17.6 Å². The molecule has 2 aliphatic heterocycles. The third kappa shape index (κ3) is 7.05. The molecule has 0 N–H and O–H groups in total. The number of alkyl halides is 3. The predicted octanol–water partition coefficient (Wildman–Crippen LogP) is 9.43. The second-order valence-electron chi connectivity index (χ2n) is 10.3. The zero-order valence-corrected chi connectivity index (χ0v) is 28.9. The summed E-state index contributed by atoms with van der Waals surface area (Å²) in [6.07, 6.45) is -4.45. The molecule has 3 aromatic carbocycles. The zero-order valence-electron chi connectivity index (χ0n) is 24.2. The monoisotopic (exact) mass is 778 g/mol. The second-order valence-corrected chi connectivity index (χ2v) is 14.0. The van der Waals surface area contributed by atoms with Gasteiger partial charge in [-0.2, -0.15) is 13.2 Å². The van der Waals surface area contributed by atoms with Crippen LogP contribution in [0, 0.1) is 12.7 Å². The molecule has 0 bridgehead atoms. The summed E-state index contributed by atoms with van der Waals surface area (Å²) in [7, 11) is 0. The molecule has 15 heteroatoms. The quantitative estimate of drug-likeness (QED) is 0.135. The fraction of sp³-hybridized carbons (Fsp3) is 0.156. The highest BCUT2D eigenvalue weighted by Gasteiger charge is 2.35. The van der Waals surface area contributed by atoms with Crippen molar-refractivity contribution in [2.24, 2.45) is 9.98 Å². The Balaban J connectivity index is 0.000000165. The molecule has 0 unspecified atom stereocenters. The van der Waals surface area contributed by atoms with Crippen molar-refractivity contribution in [1.29, 1.82) is 0 Å². The molecule has 47 heavy (non-hydrogen) atoms. The average Bonchev–Trinajstić information content (AvgIpc) is 3.50. The highest BCUT2D eigenvalue weighted by molar-refractivity contribution is 9.11. The summed E-state index contributed by atoms with van der Waals surface area (Å²) in [6.45, 7) is 1.04. The average molecular weight is 780 g/mol. The molecular weight excluding hydrogens is 759 g/mol. The van der Waals surface area contributed by atoms with Crippen molar-refractivity contribution in [3.8, 4) is 5.00 Å². The van der Waals surface area contributed by atoms with E-state index in [0.717, 1.165) is 42.2 Å². The molecule has 0 amide bonds. The number of rotatable bonds is 3. The summed E-state index contributed by atoms with van der Waals surface area (Å²) in [4.78, 5) is 10.0. The van der Waals surface area contributed by atoms with Crippen LogP contribution in [0.25, 0.3) is 5.00 Å². The standard InChI is InChI=1S/C17H11ClF4N2S.C15H10BrClN4S/c18-10-5-6-14-12(7-10)16(11-3-1-2-4-13(11)19)23-8-15(25)24(14)9-17(20,21)22;1-8-19-20-13-7-18-14(9-4-2-3-5-11(9)17)10-6-12(16)22-15(10)21(8)13/h1-7H,8-9H2;2-6H,7H2,1H3. The number of fused-ring (bicyclic) bond motifs is 4. The minimum Gasteiger partial charge on any atom is -0.325 e. The van der Waals surface area contributed by atoms with Crippen LogP contribution in [-0.4, -0.2) is 50.4 Å². The third-order valence-electron chi connectivity index (χ3n) is 7.18. The number of thiophene rings is 1. The maximum Gasteiger partial charge on any atom is 0.406 e. The fourth-order valence-electron chi connectivity index (χ4n) is 5.20. The summed E-state index contributed by atoms with van der Waals surface area (Å²) >= 11 is 22.7. The number of nitrogens with zero attached hydrogens (tertiary/aromatic N) is 6. The number of aromatic nitrogens is 3. The van der Waals surface area contributed by atoms with Gasteiger partial charge in [0.15, 0.2) is 5.82 Å². The Bertz CT molecular complexity index is 2070. The first-order valence-electron chi connectivity index (χ1n) is 13.9. The molecule has 0 radical (unpaired) electrons. The smallest absolute Gasteiger partial charge is 0.325 e. The van der Waals surface area contributed by atoms with Crippen molar-refractivity contribution in [2.45, 2.75) is 19.6 Å². The molecule has 5 aromatic rings. The summed E-state index contributed by atoms with van der Waals surface area (Å²) < 4.78 is 56.3. The summed E-state index contributed by atoms with van der Waals surface area (Å²) in [5, 5.41) is 10.5. The van der Waals surface area contributed by atoms with Crippen LogP contribution in [0.1, 0.15) is 33.9 Å². The van der Waals surface area contributed by atoms with Crippen molar-refractivity contribution >= 4 is 84.8 Å². The van der Waals surface area contributed by atoms with Gasteiger partial charge in [0, 0.05) is 32.3 Å². The van der Waals surface area contributed by atoms with Crippen LogP contribution in [0.3, 0.4) is 0 Å². The maximum atomic E-state index is 14.2. The number of thiocarbonyl (C=S) groups is 1. The van der Waals surface area contributed by atoms with E-state index in [1.165, 1.54) is 36.4 Å². The van der Waals surface area contributed by atoms with Crippen molar-refractivity contribution in [2.75, 3.05) is 18.0 Å². The van der Waals surface area contributed by atoms with Crippen LogP contribution >= 0.6 is 62.7 Å². The van der Waals surface area contributed by atoms with Gasteiger partial charge in [-0.3, -0.25) is 14.6 Å². The van der Waals surface area contributed by atoms with Gasteiger partial charge >= 0.3 is 6.18 Å². The first kappa shape index (κ1) is 33.4. The number of anilines is 1. The van der Waals surface area contributed by atoms with Gasteiger partial charge in [-0.15, -0.1) is 21.5 Å². The fourth-order valence-corrected chi connectivity index (χ4v) is 7.47. The van der Waals surface area contributed by atoms with Crippen molar-refractivity contribution in [3.05, 3.63) is 126 Å². The van der Waals surface area contributed by atoms with E-state index in [0.29, 0.717) is 22.2 Å². The Morgan fingerprint density at radius 3 is 2.28 bits per heavy atom. The largest absolute Gasteiger partial charge is 0.406 e. The number of aliphatic imine (C=N–C) groups is 2. The summed E-state index contributed by atoms with van der Waals surface area (Å²) in [6, 6.07) is 20.2. The zero-order chi connectivity index (χ0) is 33.5. The number of hydrogen-bond donors (Lipinski definition) is 0. The highest BCUT2D eigenvalue weighted by atomic mass is 79.9. The minimum absolute atomic E-state index is 0.00670. The normalized spacial score (nSPS) is 14.1. The molecule has 0 saturated heterocycles. The number of benzene rings is 3. The predicted molar refractivity (Wildman–Crippen MR) is 187 cm³/mol. The molecule has 2 aromatic heterocycles. The lowest BCUT2D eigenvalue weighted by Gasteiger charge is -2.26. The Kier molecular flexibility index (Phi) is 9.64. The maximum absolute atomic E-state index is 14.2. The molecular formula is C32H21BrCl2F4N6S2. The van der Waals surface area contributed by atoms with Crippen molar-refractivity contribution in [3.63, 3.8) is 0 Å². The summed E-state index contributed by atoms with van der Waals surface area (Å²) in [5.74, 6) is 1.18. The number of hydrogen-bond acceptors (Lipinski definition) is 6. The molecule has 0 spiro atoms. The van der Waals surface area contributed by atoms with Gasteiger partial charge in [0.1, 0.15) is 34.7 Å². The van der Waals surface area contributed by atoms with E-state index < -0.39 is 18.5 Å². The van der Waals surface area contributed by atoms with E-state index in [-0.39, 0.29) is 28.5 Å². The number of aryl methyl sites for hydroxylation is 1. The first-order chi connectivity index (χ1) is 22.4. The van der Waals surface area contributed by atoms with Crippen LogP contribution in [0.2, 0.25) is 10.0 Å². The van der Waals surface area contributed by atoms with Gasteiger partial charge in [0.2, 0.25) is 0 Å². The molecule has 2 aliphatic rings. The van der Waals surface area contributed by atoms with Gasteiger partial charge < -0.3 is 4.90 Å². The molecule has 7 rings (SSSR count). The molecule has 240 valence electrons. The first-order valence-corrected chi connectivity index (χ1v) is 16.7. The van der Waals surface area contributed by atoms with Crippen LogP contribution in [-0.2, 0) is 6.54 Å². The minimum atomic E-state index is -4.45. The molecule has 0 fully saturated rings.